The zero-order chi connectivity index (χ0) is 22.9. The lowest BCUT2D eigenvalue weighted by Gasteiger charge is -2.41. The van der Waals surface area contributed by atoms with Gasteiger partial charge in [0.2, 0.25) is 10.0 Å². The van der Waals surface area contributed by atoms with E-state index < -0.39 is 20.0 Å². The maximum atomic E-state index is 13.0. The fourth-order valence-corrected chi connectivity index (χ4v) is 6.01. The molecule has 1 saturated heterocycles. The second-order valence-corrected chi connectivity index (χ2v) is 12.3. The van der Waals surface area contributed by atoms with Crippen LogP contribution in [-0.2, 0) is 24.8 Å². The standard InChI is InChI=1S/C22H29N3O5S2/c1-24(2)32(28,29)19-12-10-18(11-13-19)31(26,27)23-20-8-3-4-9-21(20)25-14-15-30-22(16-25)17-6-5-7-17/h3-4,8-13,17,22-23H,5-7,14-16H2,1-2H3. The van der Waals surface area contributed by atoms with Gasteiger partial charge in [-0.05, 0) is 55.2 Å². The molecule has 2 fully saturated rings. The van der Waals surface area contributed by atoms with Crippen LogP contribution in [0.1, 0.15) is 19.3 Å². The smallest absolute Gasteiger partial charge is 0.261 e. The zero-order valence-corrected chi connectivity index (χ0v) is 19.9. The van der Waals surface area contributed by atoms with Gasteiger partial charge < -0.3 is 9.64 Å². The van der Waals surface area contributed by atoms with Gasteiger partial charge in [0.15, 0.2) is 0 Å². The Balaban J connectivity index is 1.55. The fraction of sp³-hybridized carbons (Fsp3) is 0.455. The van der Waals surface area contributed by atoms with E-state index in [-0.39, 0.29) is 15.9 Å². The first-order valence-electron chi connectivity index (χ1n) is 10.7. The van der Waals surface area contributed by atoms with Gasteiger partial charge in [0.25, 0.3) is 10.0 Å². The molecule has 0 spiro atoms. The van der Waals surface area contributed by atoms with Crippen molar-refractivity contribution in [2.45, 2.75) is 35.2 Å². The van der Waals surface area contributed by atoms with Crippen LogP contribution in [-0.4, -0.2) is 61.0 Å². The molecule has 174 valence electrons. The third kappa shape index (κ3) is 4.63. The Labute approximate surface area is 190 Å². The van der Waals surface area contributed by atoms with E-state index in [1.807, 2.05) is 12.1 Å². The molecule has 2 aromatic rings. The molecule has 1 heterocycles. The molecule has 1 unspecified atom stereocenters. The Kier molecular flexibility index (Phi) is 6.49. The summed E-state index contributed by atoms with van der Waals surface area (Å²) in [6.45, 7) is 2.05. The molecular formula is C22H29N3O5S2. The maximum Gasteiger partial charge on any atom is 0.261 e. The van der Waals surface area contributed by atoms with Crippen molar-refractivity contribution in [2.24, 2.45) is 5.92 Å². The molecule has 1 aliphatic carbocycles. The first-order chi connectivity index (χ1) is 15.2. The minimum Gasteiger partial charge on any atom is -0.374 e. The Morgan fingerprint density at radius 3 is 2.25 bits per heavy atom. The van der Waals surface area contributed by atoms with Crippen LogP contribution < -0.4 is 9.62 Å². The summed E-state index contributed by atoms with van der Waals surface area (Å²) in [5.74, 6) is 0.582. The highest BCUT2D eigenvalue weighted by Crippen LogP contribution is 2.35. The molecule has 1 saturated carbocycles. The number of rotatable bonds is 7. The van der Waals surface area contributed by atoms with Gasteiger partial charge in [0.1, 0.15) is 0 Å². The maximum absolute atomic E-state index is 13.0. The third-order valence-electron chi connectivity index (χ3n) is 6.17. The predicted octanol–water partition coefficient (Wildman–Crippen LogP) is 2.74. The highest BCUT2D eigenvalue weighted by molar-refractivity contribution is 7.92. The number of anilines is 2. The van der Waals surface area contributed by atoms with Crippen LogP contribution in [0.3, 0.4) is 0 Å². The van der Waals surface area contributed by atoms with Gasteiger partial charge in [-0.1, -0.05) is 18.6 Å². The van der Waals surface area contributed by atoms with E-state index in [1.165, 1.54) is 57.6 Å². The normalized spacial score (nSPS) is 20.2. The van der Waals surface area contributed by atoms with E-state index in [0.717, 1.165) is 16.5 Å². The van der Waals surface area contributed by atoms with E-state index in [2.05, 4.69) is 9.62 Å². The van der Waals surface area contributed by atoms with E-state index in [9.17, 15) is 16.8 Å². The van der Waals surface area contributed by atoms with E-state index in [0.29, 0.717) is 24.8 Å². The van der Waals surface area contributed by atoms with Crippen LogP contribution in [0.5, 0.6) is 0 Å². The van der Waals surface area contributed by atoms with Crippen LogP contribution in [0.15, 0.2) is 58.3 Å². The number of benzene rings is 2. The highest BCUT2D eigenvalue weighted by Gasteiger charge is 2.33. The van der Waals surface area contributed by atoms with Crippen LogP contribution in [0, 0.1) is 5.92 Å². The first kappa shape index (κ1) is 23.0. The lowest BCUT2D eigenvalue weighted by molar-refractivity contribution is -0.0223. The van der Waals surface area contributed by atoms with Crippen LogP contribution >= 0.6 is 0 Å². The molecule has 32 heavy (non-hydrogen) atoms. The van der Waals surface area contributed by atoms with Crippen molar-refractivity contribution in [2.75, 3.05) is 43.4 Å². The van der Waals surface area contributed by atoms with Crippen molar-refractivity contribution in [1.29, 1.82) is 0 Å². The van der Waals surface area contributed by atoms with Gasteiger partial charge in [-0.3, -0.25) is 4.72 Å². The number of nitrogens with zero attached hydrogens (tertiary/aromatic N) is 2. The zero-order valence-electron chi connectivity index (χ0n) is 18.3. The predicted molar refractivity (Wildman–Crippen MR) is 124 cm³/mol. The molecule has 10 heteroatoms. The minimum absolute atomic E-state index is 0.000619. The summed E-state index contributed by atoms with van der Waals surface area (Å²) in [6, 6.07) is 12.6. The van der Waals surface area contributed by atoms with Crippen molar-refractivity contribution in [1.82, 2.24) is 4.31 Å². The summed E-state index contributed by atoms with van der Waals surface area (Å²) in [4.78, 5) is 2.22. The van der Waals surface area contributed by atoms with Gasteiger partial charge >= 0.3 is 0 Å². The first-order valence-corrected chi connectivity index (χ1v) is 13.6. The quantitative estimate of drug-likeness (QED) is 0.656. The van der Waals surface area contributed by atoms with E-state index in [4.69, 9.17) is 4.74 Å². The Bertz CT molecular complexity index is 1160. The number of para-hydroxylation sites is 2. The second kappa shape index (κ2) is 9.01. The van der Waals surface area contributed by atoms with Crippen molar-refractivity contribution >= 4 is 31.4 Å². The van der Waals surface area contributed by atoms with Crippen molar-refractivity contribution in [3.05, 3.63) is 48.5 Å². The number of hydrogen-bond acceptors (Lipinski definition) is 6. The second-order valence-electron chi connectivity index (χ2n) is 8.43. The Hall–Kier alpha value is -2.14. The summed E-state index contributed by atoms with van der Waals surface area (Å²) in [5.41, 5.74) is 1.31. The molecule has 1 atom stereocenters. The summed E-state index contributed by atoms with van der Waals surface area (Å²) >= 11 is 0. The third-order valence-corrected chi connectivity index (χ3v) is 9.38. The Morgan fingerprint density at radius 2 is 1.62 bits per heavy atom. The van der Waals surface area contributed by atoms with Crippen molar-refractivity contribution in [3.8, 4) is 0 Å². The molecule has 0 bridgehead atoms. The molecule has 4 rings (SSSR count). The van der Waals surface area contributed by atoms with Gasteiger partial charge in [-0.15, -0.1) is 0 Å². The van der Waals surface area contributed by atoms with Gasteiger partial charge in [-0.2, -0.15) is 0 Å². The lowest BCUT2D eigenvalue weighted by atomic mass is 9.80. The number of nitrogens with one attached hydrogen (secondary N) is 1. The van der Waals surface area contributed by atoms with Crippen LogP contribution in [0.25, 0.3) is 0 Å². The number of sulfonamides is 2. The average Bonchev–Trinajstić information content (AvgIpc) is 2.73. The molecular weight excluding hydrogens is 450 g/mol. The summed E-state index contributed by atoms with van der Waals surface area (Å²) < 4.78 is 60.3. The molecule has 8 nitrogen and oxygen atoms in total. The van der Waals surface area contributed by atoms with E-state index in [1.54, 1.807) is 12.1 Å². The summed E-state index contributed by atoms with van der Waals surface area (Å²) in [6.07, 6.45) is 3.79. The van der Waals surface area contributed by atoms with E-state index >= 15 is 0 Å². The molecule has 0 aromatic heterocycles. The Morgan fingerprint density at radius 1 is 0.969 bits per heavy atom. The topological polar surface area (TPSA) is 96.0 Å². The SMILES string of the molecule is CN(C)S(=O)(=O)c1ccc(S(=O)(=O)Nc2ccccc2N2CCOC(C3CCC3)C2)cc1. The lowest BCUT2D eigenvalue weighted by Crippen LogP contribution is -2.47. The molecule has 2 aromatic carbocycles. The molecule has 1 N–H and O–H groups in total. The van der Waals surface area contributed by atoms with Gasteiger partial charge in [0.05, 0.1) is 33.9 Å². The number of hydrogen-bond donors (Lipinski definition) is 1. The average molecular weight is 480 g/mol. The highest BCUT2D eigenvalue weighted by atomic mass is 32.2. The van der Waals surface area contributed by atoms with Crippen molar-refractivity contribution < 1.29 is 21.6 Å². The molecule has 1 aliphatic heterocycles. The van der Waals surface area contributed by atoms with Gasteiger partial charge in [0, 0.05) is 27.2 Å². The molecule has 2 aliphatic rings. The monoisotopic (exact) mass is 479 g/mol. The molecule has 0 radical (unpaired) electrons. The molecule has 0 amide bonds. The largest absolute Gasteiger partial charge is 0.374 e. The fourth-order valence-electron chi connectivity index (χ4n) is 4.03. The van der Waals surface area contributed by atoms with Crippen molar-refractivity contribution in [3.63, 3.8) is 0 Å². The number of ether oxygens (including phenoxy) is 1. The summed E-state index contributed by atoms with van der Waals surface area (Å²) in [5, 5.41) is 0. The van der Waals surface area contributed by atoms with Crippen LogP contribution in [0.2, 0.25) is 0 Å². The number of morpholine rings is 1. The van der Waals surface area contributed by atoms with Crippen LogP contribution in [0.4, 0.5) is 11.4 Å². The summed E-state index contributed by atoms with van der Waals surface area (Å²) in [7, 11) is -4.67. The van der Waals surface area contributed by atoms with Gasteiger partial charge in [-0.25, -0.2) is 21.1 Å². The minimum atomic E-state index is -3.90.